The van der Waals surface area contributed by atoms with Gasteiger partial charge in [0.2, 0.25) is 5.75 Å². The Balaban J connectivity index is 1.13. The SMILES string of the molecule is Fc1cc(CNCCCCOCCNc2cc(-c3ccncc3)nc3[nH]ncc23)cc(F)c1OC(F)(F)F. The smallest absolute Gasteiger partial charge is 0.399 e. The summed E-state index contributed by atoms with van der Waals surface area (Å²) in [5, 5.41) is 14.2. The van der Waals surface area contributed by atoms with Crippen LogP contribution in [0.15, 0.2) is 48.9 Å². The first-order valence-electron chi connectivity index (χ1n) is 11.8. The van der Waals surface area contributed by atoms with Gasteiger partial charge in [-0.05, 0) is 55.3 Å². The van der Waals surface area contributed by atoms with Crippen molar-refractivity contribution in [3.05, 3.63) is 66.1 Å². The molecular formula is C25H25F5N6O2. The van der Waals surface area contributed by atoms with Gasteiger partial charge in [0, 0.05) is 43.3 Å². The van der Waals surface area contributed by atoms with E-state index in [0.717, 1.165) is 47.3 Å². The highest BCUT2D eigenvalue weighted by Gasteiger charge is 2.34. The van der Waals surface area contributed by atoms with Crippen LogP contribution in [0.3, 0.4) is 0 Å². The van der Waals surface area contributed by atoms with Crippen LogP contribution in [-0.2, 0) is 11.3 Å². The van der Waals surface area contributed by atoms with Gasteiger partial charge in [-0.2, -0.15) is 5.10 Å². The van der Waals surface area contributed by atoms with Crippen molar-refractivity contribution in [3.8, 4) is 17.0 Å². The molecule has 3 N–H and O–H groups in total. The fourth-order valence-electron chi connectivity index (χ4n) is 3.72. The normalized spacial score (nSPS) is 11.7. The number of rotatable bonds is 13. The molecule has 3 heterocycles. The number of nitrogens with one attached hydrogen (secondary N) is 3. The molecular weight excluding hydrogens is 511 g/mol. The van der Waals surface area contributed by atoms with Crippen molar-refractivity contribution in [1.29, 1.82) is 0 Å². The molecule has 8 nitrogen and oxygen atoms in total. The summed E-state index contributed by atoms with van der Waals surface area (Å²) in [6.45, 7) is 2.21. The van der Waals surface area contributed by atoms with Crippen LogP contribution in [0.25, 0.3) is 22.3 Å². The molecule has 0 aliphatic carbocycles. The Morgan fingerprint density at radius 2 is 1.71 bits per heavy atom. The topological polar surface area (TPSA) is 97.0 Å². The molecule has 4 aromatic rings. The van der Waals surface area contributed by atoms with E-state index in [9.17, 15) is 22.0 Å². The van der Waals surface area contributed by atoms with E-state index in [2.05, 4.69) is 35.5 Å². The lowest BCUT2D eigenvalue weighted by Gasteiger charge is -2.12. The van der Waals surface area contributed by atoms with Gasteiger partial charge in [-0.3, -0.25) is 10.1 Å². The van der Waals surface area contributed by atoms with E-state index in [1.165, 1.54) is 0 Å². The number of benzene rings is 1. The van der Waals surface area contributed by atoms with Crippen molar-refractivity contribution in [3.63, 3.8) is 0 Å². The first-order valence-corrected chi connectivity index (χ1v) is 11.8. The van der Waals surface area contributed by atoms with E-state index < -0.39 is 23.7 Å². The van der Waals surface area contributed by atoms with Crippen molar-refractivity contribution < 1.29 is 31.4 Å². The molecule has 0 fully saturated rings. The standard InChI is InChI=1S/C25H25F5N6O2/c26-19-11-16(12-20(27)23(19)38-25(28,29)30)14-32-5-1-2-9-37-10-8-33-22-13-21(17-3-6-31-7-4-17)35-24-18(22)15-34-36-24/h3-4,6-7,11-13,15,32H,1-2,5,8-10,14H2,(H2,33,34,35,36). The van der Waals surface area contributed by atoms with E-state index in [4.69, 9.17) is 4.74 Å². The lowest BCUT2D eigenvalue weighted by Crippen LogP contribution is -2.20. The highest BCUT2D eigenvalue weighted by Crippen LogP contribution is 2.29. The lowest BCUT2D eigenvalue weighted by atomic mass is 10.1. The zero-order chi connectivity index (χ0) is 27.0. The summed E-state index contributed by atoms with van der Waals surface area (Å²) in [4.78, 5) is 8.63. The number of aromatic amines is 1. The Morgan fingerprint density at radius 3 is 2.45 bits per heavy atom. The quantitative estimate of drug-likeness (QED) is 0.160. The maximum atomic E-state index is 13.8. The summed E-state index contributed by atoms with van der Waals surface area (Å²) in [6, 6.07) is 7.34. The fraction of sp³-hybridized carbons (Fsp3) is 0.320. The third kappa shape index (κ3) is 7.59. The molecule has 0 spiro atoms. The number of alkyl halides is 3. The average molecular weight is 537 g/mol. The van der Waals surface area contributed by atoms with Gasteiger partial charge in [0.05, 0.1) is 23.9 Å². The number of ether oxygens (including phenoxy) is 2. The minimum atomic E-state index is -5.17. The second kappa shape index (κ2) is 12.6. The van der Waals surface area contributed by atoms with Gasteiger partial charge in [0.25, 0.3) is 0 Å². The van der Waals surface area contributed by atoms with Gasteiger partial charge >= 0.3 is 6.36 Å². The molecule has 0 saturated carbocycles. The number of hydrogen-bond acceptors (Lipinski definition) is 7. The fourth-order valence-corrected chi connectivity index (χ4v) is 3.72. The third-order valence-corrected chi connectivity index (χ3v) is 5.46. The number of fused-ring (bicyclic) bond motifs is 1. The van der Waals surface area contributed by atoms with Crippen molar-refractivity contribution in [1.82, 2.24) is 25.5 Å². The Labute approximate surface area is 214 Å². The molecule has 0 aliphatic rings. The first-order chi connectivity index (χ1) is 18.3. The minimum absolute atomic E-state index is 0.0980. The van der Waals surface area contributed by atoms with Crippen molar-refractivity contribution in [2.45, 2.75) is 25.7 Å². The maximum Gasteiger partial charge on any atom is 0.573 e. The molecule has 0 unspecified atom stereocenters. The number of aromatic nitrogens is 4. The average Bonchev–Trinajstić information content (AvgIpc) is 3.36. The minimum Gasteiger partial charge on any atom is -0.399 e. The zero-order valence-electron chi connectivity index (χ0n) is 20.1. The summed E-state index contributed by atoms with van der Waals surface area (Å²) >= 11 is 0. The zero-order valence-corrected chi connectivity index (χ0v) is 20.1. The molecule has 3 aromatic heterocycles. The largest absolute Gasteiger partial charge is 0.573 e. The van der Waals surface area contributed by atoms with Gasteiger partial charge < -0.3 is 20.1 Å². The van der Waals surface area contributed by atoms with E-state index in [0.29, 0.717) is 32.0 Å². The Hall–Kier alpha value is -3.84. The van der Waals surface area contributed by atoms with Crippen LogP contribution in [0.5, 0.6) is 5.75 Å². The van der Waals surface area contributed by atoms with Crippen LogP contribution < -0.4 is 15.4 Å². The summed E-state index contributed by atoms with van der Waals surface area (Å²) in [5.41, 5.74) is 3.45. The monoisotopic (exact) mass is 536 g/mol. The van der Waals surface area contributed by atoms with Crippen molar-refractivity contribution in [2.75, 3.05) is 31.6 Å². The number of unbranched alkanes of at least 4 members (excludes halogenated alkanes) is 1. The summed E-state index contributed by atoms with van der Waals surface area (Å²) in [5.74, 6) is -4.27. The van der Waals surface area contributed by atoms with E-state index in [1.54, 1.807) is 18.6 Å². The molecule has 0 amide bonds. The number of anilines is 1. The van der Waals surface area contributed by atoms with Gasteiger partial charge in [0.1, 0.15) is 0 Å². The first kappa shape index (κ1) is 27.2. The van der Waals surface area contributed by atoms with Crippen LogP contribution in [0.2, 0.25) is 0 Å². The predicted molar refractivity (Wildman–Crippen MR) is 130 cm³/mol. The molecule has 0 atom stereocenters. The highest BCUT2D eigenvalue weighted by atomic mass is 19.4. The van der Waals surface area contributed by atoms with Crippen LogP contribution in [0.1, 0.15) is 18.4 Å². The molecule has 0 aliphatic heterocycles. The Kier molecular flexibility index (Phi) is 9.02. The predicted octanol–water partition coefficient (Wildman–Crippen LogP) is 5.20. The molecule has 0 saturated heterocycles. The molecule has 38 heavy (non-hydrogen) atoms. The summed E-state index contributed by atoms with van der Waals surface area (Å²) < 4.78 is 73.3. The molecule has 0 radical (unpaired) electrons. The van der Waals surface area contributed by atoms with Crippen molar-refractivity contribution in [2.24, 2.45) is 0 Å². The van der Waals surface area contributed by atoms with Gasteiger partial charge in [-0.25, -0.2) is 13.8 Å². The van der Waals surface area contributed by atoms with E-state index >= 15 is 0 Å². The maximum absolute atomic E-state index is 13.8. The van der Waals surface area contributed by atoms with E-state index in [1.807, 2.05) is 18.2 Å². The van der Waals surface area contributed by atoms with Gasteiger partial charge in [-0.1, -0.05) is 0 Å². The number of nitrogens with zero attached hydrogens (tertiary/aromatic N) is 3. The van der Waals surface area contributed by atoms with Crippen LogP contribution in [-0.4, -0.2) is 52.8 Å². The number of pyridine rings is 2. The third-order valence-electron chi connectivity index (χ3n) is 5.46. The van der Waals surface area contributed by atoms with Crippen LogP contribution >= 0.6 is 0 Å². The number of hydrogen-bond donors (Lipinski definition) is 3. The lowest BCUT2D eigenvalue weighted by molar-refractivity contribution is -0.276. The molecule has 4 rings (SSSR count). The second-order valence-corrected chi connectivity index (χ2v) is 8.28. The van der Waals surface area contributed by atoms with Crippen LogP contribution in [0.4, 0.5) is 27.6 Å². The second-order valence-electron chi connectivity index (χ2n) is 8.28. The van der Waals surface area contributed by atoms with Crippen LogP contribution in [0, 0.1) is 11.6 Å². The Bertz CT molecular complexity index is 1310. The van der Waals surface area contributed by atoms with E-state index in [-0.39, 0.29) is 12.1 Å². The molecule has 1 aromatic carbocycles. The summed E-state index contributed by atoms with van der Waals surface area (Å²) in [7, 11) is 0. The van der Waals surface area contributed by atoms with Gasteiger partial charge in [0.15, 0.2) is 17.3 Å². The number of H-pyrrole nitrogens is 1. The molecule has 13 heteroatoms. The summed E-state index contributed by atoms with van der Waals surface area (Å²) in [6.07, 6.45) is 1.44. The molecule has 0 bridgehead atoms. The van der Waals surface area contributed by atoms with Gasteiger partial charge in [-0.15, -0.1) is 13.2 Å². The van der Waals surface area contributed by atoms with Crippen molar-refractivity contribution >= 4 is 16.7 Å². The number of halogens is 5. The Morgan fingerprint density at radius 1 is 0.947 bits per heavy atom. The highest BCUT2D eigenvalue weighted by molar-refractivity contribution is 5.91. The molecule has 202 valence electrons.